The Morgan fingerprint density at radius 1 is 1.75 bits per heavy atom. The lowest BCUT2D eigenvalue weighted by atomic mass is 10.3. The molecule has 0 saturated heterocycles. The van der Waals surface area contributed by atoms with Gasteiger partial charge in [-0.1, -0.05) is 12.0 Å². The van der Waals surface area contributed by atoms with Gasteiger partial charge in [0.25, 0.3) is 0 Å². The van der Waals surface area contributed by atoms with Crippen LogP contribution < -0.4 is 11.0 Å². The smallest absolute Gasteiger partial charge is 0.307 e. The van der Waals surface area contributed by atoms with Gasteiger partial charge in [-0.05, 0) is 6.42 Å². The lowest BCUT2D eigenvalue weighted by Crippen LogP contribution is -2.37. The molecule has 1 radical (unpaired) electrons. The predicted octanol–water partition coefficient (Wildman–Crippen LogP) is -0.430. The number of carbonyl (C=O) groups is 1. The molecule has 67 valence electrons. The van der Waals surface area contributed by atoms with Crippen LogP contribution in [0.2, 0.25) is 0 Å². The van der Waals surface area contributed by atoms with Crippen molar-refractivity contribution in [2.45, 2.75) is 19.8 Å². The summed E-state index contributed by atoms with van der Waals surface area (Å²) in [5.41, 5.74) is 6.23. The van der Waals surface area contributed by atoms with Crippen LogP contribution >= 0.6 is 0 Å². The van der Waals surface area contributed by atoms with Gasteiger partial charge in [0.05, 0.1) is 0 Å². The average molecular weight is 171 g/mol. The molecule has 0 aliphatic carbocycles. The first-order valence-corrected chi connectivity index (χ1v) is 3.74. The van der Waals surface area contributed by atoms with E-state index in [-0.39, 0.29) is 12.7 Å². The Morgan fingerprint density at radius 2 is 2.58 bits per heavy atom. The molecule has 1 aliphatic rings. The molecule has 12 heavy (non-hydrogen) atoms. The van der Waals surface area contributed by atoms with Crippen molar-refractivity contribution in [3.8, 4) is 0 Å². The normalized spacial score (nSPS) is 15.4. The summed E-state index contributed by atoms with van der Waals surface area (Å²) < 4.78 is 4.82. The maximum atomic E-state index is 10.8. The maximum Gasteiger partial charge on any atom is 0.307 e. The van der Waals surface area contributed by atoms with Gasteiger partial charge in [-0.3, -0.25) is 4.79 Å². The second-order valence-electron chi connectivity index (χ2n) is 2.26. The van der Waals surface area contributed by atoms with Crippen molar-refractivity contribution in [3.05, 3.63) is 0 Å². The first-order valence-electron chi connectivity index (χ1n) is 3.74. The van der Waals surface area contributed by atoms with Gasteiger partial charge in [0.15, 0.2) is 13.1 Å². The number of hydrazone groups is 1. The molecule has 1 aliphatic heterocycles. The lowest BCUT2D eigenvalue weighted by Gasteiger charge is -2.11. The van der Waals surface area contributed by atoms with Gasteiger partial charge in [0, 0.05) is 6.42 Å². The summed E-state index contributed by atoms with van der Waals surface area (Å²) in [5.74, 6) is -0.221. The molecule has 0 aromatic heterocycles. The third kappa shape index (κ3) is 2.75. The number of rotatable bonds is 4. The standard InChI is InChI=1S/C6H11N4O2/c1-2-3-6(11)12-5-10-8-4-7-9-10/h4,9H,2-3,5H2,1H3. The van der Waals surface area contributed by atoms with Crippen molar-refractivity contribution in [1.82, 2.24) is 16.1 Å². The molecular weight excluding hydrogens is 160 g/mol. The Kier molecular flexibility index (Phi) is 3.34. The van der Waals surface area contributed by atoms with Crippen LogP contribution in [0.1, 0.15) is 19.8 Å². The first-order chi connectivity index (χ1) is 5.83. The summed E-state index contributed by atoms with van der Waals surface area (Å²) in [4.78, 5) is 10.8. The van der Waals surface area contributed by atoms with E-state index in [1.54, 1.807) is 0 Å². The zero-order valence-corrected chi connectivity index (χ0v) is 6.86. The highest BCUT2D eigenvalue weighted by Crippen LogP contribution is 1.92. The van der Waals surface area contributed by atoms with Crippen molar-refractivity contribution in [3.63, 3.8) is 0 Å². The van der Waals surface area contributed by atoms with Crippen LogP contribution in [-0.4, -0.2) is 24.2 Å². The number of ether oxygens (including phenoxy) is 1. The second-order valence-corrected chi connectivity index (χ2v) is 2.26. The largest absolute Gasteiger partial charge is 0.446 e. The third-order valence-electron chi connectivity index (χ3n) is 1.22. The molecule has 0 spiro atoms. The summed E-state index contributed by atoms with van der Waals surface area (Å²) in [6.45, 7) is 2.02. The van der Waals surface area contributed by atoms with Crippen molar-refractivity contribution in [1.29, 1.82) is 0 Å². The van der Waals surface area contributed by atoms with E-state index < -0.39 is 0 Å². The van der Waals surface area contributed by atoms with Crippen molar-refractivity contribution in [2.24, 2.45) is 5.10 Å². The van der Waals surface area contributed by atoms with E-state index >= 15 is 0 Å². The van der Waals surface area contributed by atoms with Crippen LogP contribution in [0.4, 0.5) is 0 Å². The number of hydrazine groups is 1. The van der Waals surface area contributed by atoms with Crippen LogP contribution in [-0.2, 0) is 9.53 Å². The Labute approximate surface area is 70.5 Å². The summed E-state index contributed by atoms with van der Waals surface area (Å²) in [5, 5.41) is 4.91. The number of carbonyl (C=O) groups excluding carboxylic acids is 1. The molecule has 0 amide bonds. The molecule has 0 fully saturated rings. The van der Waals surface area contributed by atoms with Gasteiger partial charge in [0.2, 0.25) is 0 Å². The minimum Gasteiger partial charge on any atom is -0.446 e. The molecule has 6 heteroatoms. The highest BCUT2D eigenvalue weighted by atomic mass is 16.6. The molecule has 0 bridgehead atoms. The van der Waals surface area contributed by atoms with E-state index in [9.17, 15) is 4.79 Å². The van der Waals surface area contributed by atoms with Gasteiger partial charge >= 0.3 is 5.97 Å². The number of esters is 1. The summed E-state index contributed by atoms with van der Waals surface area (Å²) in [6.07, 6.45) is 2.57. The highest BCUT2D eigenvalue weighted by molar-refractivity contribution is 5.69. The number of nitrogens with zero attached hydrogens (tertiary/aromatic N) is 3. The minimum atomic E-state index is -0.221. The Balaban J connectivity index is 2.04. The Bertz CT molecular complexity index is 174. The van der Waals surface area contributed by atoms with E-state index in [0.717, 1.165) is 6.42 Å². The monoisotopic (exact) mass is 171 g/mol. The van der Waals surface area contributed by atoms with Gasteiger partial charge in [-0.2, -0.15) is 5.43 Å². The highest BCUT2D eigenvalue weighted by Gasteiger charge is 2.09. The molecule has 0 unspecified atom stereocenters. The van der Waals surface area contributed by atoms with Crippen LogP contribution in [0.5, 0.6) is 0 Å². The molecule has 1 rings (SSSR count). The van der Waals surface area contributed by atoms with Gasteiger partial charge in [0.1, 0.15) is 0 Å². The molecular formula is C6H11N4O2. The van der Waals surface area contributed by atoms with Gasteiger partial charge in [-0.15, -0.1) is 5.10 Å². The molecule has 0 saturated carbocycles. The minimum absolute atomic E-state index is 0.0961. The van der Waals surface area contributed by atoms with E-state index in [4.69, 9.17) is 4.74 Å². The average Bonchev–Trinajstić information content (AvgIpc) is 2.53. The lowest BCUT2D eigenvalue weighted by molar-refractivity contribution is -0.151. The third-order valence-corrected chi connectivity index (χ3v) is 1.22. The van der Waals surface area contributed by atoms with Crippen molar-refractivity contribution >= 4 is 12.3 Å². The van der Waals surface area contributed by atoms with Crippen LogP contribution in [0.15, 0.2) is 5.10 Å². The Hall–Kier alpha value is -1.30. The molecule has 0 atom stereocenters. The molecule has 0 aromatic rings. The van der Waals surface area contributed by atoms with E-state index in [1.807, 2.05) is 6.92 Å². The van der Waals surface area contributed by atoms with E-state index in [2.05, 4.69) is 16.1 Å². The van der Waals surface area contributed by atoms with Crippen LogP contribution in [0, 0.1) is 0 Å². The Morgan fingerprint density at radius 3 is 3.17 bits per heavy atom. The van der Waals surface area contributed by atoms with Crippen LogP contribution in [0.3, 0.4) is 0 Å². The molecule has 1 heterocycles. The quantitative estimate of drug-likeness (QED) is 0.583. The molecule has 6 nitrogen and oxygen atoms in total. The summed E-state index contributed by atoms with van der Waals surface area (Å²) in [7, 11) is 0. The molecule has 0 aromatic carbocycles. The maximum absolute atomic E-state index is 10.8. The number of hydrogen-bond donors (Lipinski definition) is 1. The zero-order chi connectivity index (χ0) is 8.81. The SMILES string of the molecule is CCCC(=O)OCN1[N]C=NN1. The first kappa shape index (κ1) is 8.79. The number of hydrogen-bond acceptors (Lipinski definition) is 5. The zero-order valence-electron chi connectivity index (χ0n) is 6.86. The van der Waals surface area contributed by atoms with Crippen molar-refractivity contribution < 1.29 is 9.53 Å². The van der Waals surface area contributed by atoms with Crippen LogP contribution in [0.25, 0.3) is 0 Å². The predicted molar refractivity (Wildman–Crippen MR) is 41.5 cm³/mol. The summed E-state index contributed by atoms with van der Waals surface area (Å²) in [6, 6.07) is 0. The van der Waals surface area contributed by atoms with Crippen molar-refractivity contribution in [2.75, 3.05) is 6.73 Å². The fourth-order valence-electron chi connectivity index (χ4n) is 0.678. The topological polar surface area (TPSA) is 68.0 Å². The van der Waals surface area contributed by atoms with E-state index in [0.29, 0.717) is 6.42 Å². The fourth-order valence-corrected chi connectivity index (χ4v) is 0.678. The summed E-state index contributed by atoms with van der Waals surface area (Å²) >= 11 is 0. The van der Waals surface area contributed by atoms with Gasteiger partial charge in [-0.25, -0.2) is 5.53 Å². The number of nitrogens with one attached hydrogen (secondary N) is 1. The van der Waals surface area contributed by atoms with Gasteiger partial charge < -0.3 is 4.74 Å². The fraction of sp³-hybridized carbons (Fsp3) is 0.667. The van der Waals surface area contributed by atoms with E-state index in [1.165, 1.54) is 11.5 Å². The second kappa shape index (κ2) is 4.55. The molecule has 1 N–H and O–H groups in total.